The highest BCUT2D eigenvalue weighted by atomic mass is 19.1. The molecule has 5 N–H and O–H groups in total. The van der Waals surface area contributed by atoms with E-state index in [0.717, 1.165) is 54.8 Å². The van der Waals surface area contributed by atoms with Gasteiger partial charge in [0.2, 0.25) is 5.91 Å². The van der Waals surface area contributed by atoms with E-state index in [9.17, 15) is 27.6 Å². The predicted molar refractivity (Wildman–Crippen MR) is 149 cm³/mol. The summed E-state index contributed by atoms with van der Waals surface area (Å²) in [4.78, 5) is 42.0. The maximum absolute atomic E-state index is 14.3. The SMILES string of the molecule is NC(=O)c1cc(-c2cccnc2[C@H](Cc2cc(F)cc(F)c2)NC(=O)Cn2nc(C(N)=O)c3c2C2CCC3C2)ccc1F. The van der Waals surface area contributed by atoms with Crippen LogP contribution in [0.3, 0.4) is 0 Å². The van der Waals surface area contributed by atoms with Crippen molar-refractivity contribution in [3.63, 3.8) is 0 Å². The van der Waals surface area contributed by atoms with E-state index in [-0.39, 0.29) is 41.6 Å². The van der Waals surface area contributed by atoms with Crippen LogP contribution >= 0.6 is 0 Å². The van der Waals surface area contributed by atoms with Crippen molar-refractivity contribution in [2.75, 3.05) is 0 Å². The second kappa shape index (κ2) is 11.0. The van der Waals surface area contributed by atoms with Crippen LogP contribution in [0.25, 0.3) is 11.1 Å². The zero-order valence-electron chi connectivity index (χ0n) is 22.8. The molecule has 4 aromatic rings. The van der Waals surface area contributed by atoms with Crippen molar-refractivity contribution >= 4 is 17.7 Å². The summed E-state index contributed by atoms with van der Waals surface area (Å²) in [5.41, 5.74) is 13.9. The van der Waals surface area contributed by atoms with Crippen molar-refractivity contribution < 1.29 is 27.6 Å². The molecule has 3 amide bonds. The van der Waals surface area contributed by atoms with Gasteiger partial charge in [0.05, 0.1) is 17.3 Å². The van der Waals surface area contributed by atoms with Gasteiger partial charge in [-0.25, -0.2) is 13.2 Å². The number of nitrogens with zero attached hydrogens (tertiary/aromatic N) is 3. The average Bonchev–Trinajstić information content (AvgIpc) is 3.66. The van der Waals surface area contributed by atoms with Crippen molar-refractivity contribution in [2.45, 2.75) is 50.1 Å². The number of nitrogens with two attached hydrogens (primary N) is 2. The Morgan fingerprint density at radius 1 is 0.977 bits per heavy atom. The Labute approximate surface area is 244 Å². The van der Waals surface area contributed by atoms with E-state index in [1.807, 2.05) is 0 Å². The highest BCUT2D eigenvalue weighted by Crippen LogP contribution is 2.54. The van der Waals surface area contributed by atoms with Gasteiger partial charge < -0.3 is 16.8 Å². The van der Waals surface area contributed by atoms with Crippen molar-refractivity contribution in [1.82, 2.24) is 20.1 Å². The summed E-state index contributed by atoms with van der Waals surface area (Å²) < 4.78 is 44.0. The summed E-state index contributed by atoms with van der Waals surface area (Å²) >= 11 is 0. The molecular formula is C31H27F3N6O3. The summed E-state index contributed by atoms with van der Waals surface area (Å²) in [6.07, 6.45) is 4.18. The van der Waals surface area contributed by atoms with Crippen LogP contribution in [0.2, 0.25) is 0 Å². The number of hydrogen-bond acceptors (Lipinski definition) is 5. The molecule has 1 fully saturated rings. The fourth-order valence-electron chi connectivity index (χ4n) is 6.49. The number of rotatable bonds is 9. The molecule has 0 aliphatic heterocycles. The molecule has 2 aromatic carbocycles. The van der Waals surface area contributed by atoms with Gasteiger partial charge in [0.25, 0.3) is 11.8 Å². The third-order valence-corrected chi connectivity index (χ3v) is 8.19. The van der Waals surface area contributed by atoms with Gasteiger partial charge >= 0.3 is 0 Å². The first-order valence-electron chi connectivity index (χ1n) is 13.8. The second-order valence-corrected chi connectivity index (χ2v) is 11.0. The van der Waals surface area contributed by atoms with Crippen LogP contribution in [0.1, 0.15) is 80.5 Å². The molecule has 2 heterocycles. The molecule has 1 saturated carbocycles. The molecule has 2 bridgehead atoms. The lowest BCUT2D eigenvalue weighted by atomic mass is 9.94. The number of benzene rings is 2. The molecule has 12 heteroatoms. The first-order chi connectivity index (χ1) is 20.6. The first kappa shape index (κ1) is 28.1. The van der Waals surface area contributed by atoms with E-state index in [2.05, 4.69) is 15.4 Å². The van der Waals surface area contributed by atoms with E-state index >= 15 is 0 Å². The normalized spacial score (nSPS) is 17.5. The van der Waals surface area contributed by atoms with Crippen LogP contribution < -0.4 is 16.8 Å². The summed E-state index contributed by atoms with van der Waals surface area (Å²) in [5, 5.41) is 7.30. The van der Waals surface area contributed by atoms with Gasteiger partial charge in [-0.1, -0.05) is 12.1 Å². The van der Waals surface area contributed by atoms with Gasteiger partial charge in [0, 0.05) is 35.0 Å². The minimum Gasteiger partial charge on any atom is -0.366 e. The fraction of sp³-hybridized carbons (Fsp3) is 0.258. The molecule has 220 valence electrons. The number of carbonyl (C=O) groups excluding carboxylic acids is 3. The molecular weight excluding hydrogens is 561 g/mol. The Bertz CT molecular complexity index is 1770. The lowest BCUT2D eigenvalue weighted by Gasteiger charge is -2.22. The molecule has 0 saturated heterocycles. The van der Waals surface area contributed by atoms with Gasteiger partial charge in [0.15, 0.2) is 5.69 Å². The van der Waals surface area contributed by atoms with Crippen LogP contribution in [-0.4, -0.2) is 32.5 Å². The standard InChI is InChI=1S/C31H27F3N6O3/c32-19-8-15(9-20(33)13-19)10-24(27-21(2-1-7-37-27)16-5-6-23(34)22(12-16)30(35)42)38-25(41)14-40-29-18-4-3-17(11-18)26(29)28(39-40)31(36)43/h1-2,5-9,12-13,17-18,24H,3-4,10-11,14H2,(H2,35,42)(H2,36,43)(H,38,41)/t17?,18?,24-/m0/s1. The Balaban J connectivity index is 1.37. The highest BCUT2D eigenvalue weighted by molar-refractivity contribution is 5.95. The molecule has 0 radical (unpaired) electrons. The largest absolute Gasteiger partial charge is 0.366 e. The zero-order valence-corrected chi connectivity index (χ0v) is 22.8. The summed E-state index contributed by atoms with van der Waals surface area (Å²) in [6.45, 7) is -0.225. The zero-order chi connectivity index (χ0) is 30.4. The molecule has 2 aromatic heterocycles. The molecule has 0 spiro atoms. The van der Waals surface area contributed by atoms with Crippen LogP contribution in [0.5, 0.6) is 0 Å². The van der Waals surface area contributed by atoms with E-state index in [1.54, 1.807) is 12.1 Å². The second-order valence-electron chi connectivity index (χ2n) is 11.0. The first-order valence-corrected chi connectivity index (χ1v) is 13.8. The fourth-order valence-corrected chi connectivity index (χ4v) is 6.49. The maximum Gasteiger partial charge on any atom is 0.269 e. The topological polar surface area (TPSA) is 146 Å². The van der Waals surface area contributed by atoms with Crippen molar-refractivity contribution in [2.24, 2.45) is 11.5 Å². The molecule has 2 unspecified atom stereocenters. The highest BCUT2D eigenvalue weighted by Gasteiger charge is 2.43. The number of amides is 3. The van der Waals surface area contributed by atoms with Gasteiger partial charge in [0.1, 0.15) is 24.0 Å². The lowest BCUT2D eigenvalue weighted by molar-refractivity contribution is -0.122. The molecule has 43 heavy (non-hydrogen) atoms. The summed E-state index contributed by atoms with van der Waals surface area (Å²) in [6, 6.07) is 9.27. The number of primary amides is 2. The van der Waals surface area contributed by atoms with Gasteiger partial charge in [-0.15, -0.1) is 0 Å². The third kappa shape index (κ3) is 5.36. The quantitative estimate of drug-likeness (QED) is 0.270. The van der Waals surface area contributed by atoms with Crippen molar-refractivity contribution in [1.29, 1.82) is 0 Å². The van der Waals surface area contributed by atoms with Crippen LogP contribution in [0.15, 0.2) is 54.7 Å². The van der Waals surface area contributed by atoms with Crippen molar-refractivity contribution in [3.8, 4) is 11.1 Å². The summed E-state index contributed by atoms with van der Waals surface area (Å²) in [5.74, 6) is -4.09. The number of carbonyl (C=O) groups is 3. The Morgan fingerprint density at radius 2 is 1.72 bits per heavy atom. The van der Waals surface area contributed by atoms with Crippen LogP contribution in [0.4, 0.5) is 13.2 Å². The minimum absolute atomic E-state index is 0.0528. The number of aromatic nitrogens is 3. The predicted octanol–water partition coefficient (Wildman–Crippen LogP) is 4.03. The number of hydrogen-bond donors (Lipinski definition) is 3. The van der Waals surface area contributed by atoms with Gasteiger partial charge in [-0.3, -0.25) is 24.0 Å². The number of fused-ring (bicyclic) bond motifs is 5. The van der Waals surface area contributed by atoms with E-state index < -0.39 is 41.2 Å². The smallest absolute Gasteiger partial charge is 0.269 e. The lowest BCUT2D eigenvalue weighted by Crippen LogP contribution is -2.34. The molecule has 3 atom stereocenters. The molecule has 9 nitrogen and oxygen atoms in total. The van der Waals surface area contributed by atoms with E-state index in [1.165, 1.54) is 23.0 Å². The van der Waals surface area contributed by atoms with Gasteiger partial charge in [-0.05, 0) is 73.1 Å². The molecule has 2 aliphatic carbocycles. The summed E-state index contributed by atoms with van der Waals surface area (Å²) in [7, 11) is 0. The Hall–Kier alpha value is -5.00. The Morgan fingerprint density at radius 3 is 2.44 bits per heavy atom. The van der Waals surface area contributed by atoms with E-state index in [4.69, 9.17) is 11.5 Å². The number of halogens is 3. The number of nitrogens with one attached hydrogen (secondary N) is 1. The van der Waals surface area contributed by atoms with Crippen molar-refractivity contribution in [3.05, 3.63) is 106 Å². The monoisotopic (exact) mass is 588 g/mol. The Kier molecular flexibility index (Phi) is 7.20. The maximum atomic E-state index is 14.3. The van der Waals surface area contributed by atoms with Crippen LogP contribution in [-0.2, 0) is 17.8 Å². The molecule has 2 aliphatic rings. The van der Waals surface area contributed by atoms with Gasteiger partial charge in [-0.2, -0.15) is 5.10 Å². The third-order valence-electron chi connectivity index (χ3n) is 8.19. The minimum atomic E-state index is -0.958. The average molecular weight is 589 g/mol. The number of pyridine rings is 1. The van der Waals surface area contributed by atoms with E-state index in [0.29, 0.717) is 16.8 Å². The van der Waals surface area contributed by atoms with Crippen LogP contribution in [0, 0.1) is 17.5 Å². The molecule has 6 rings (SSSR count).